The molecule has 1 aliphatic carbocycles. The van der Waals surface area contributed by atoms with E-state index in [1.807, 2.05) is 0 Å². The molecular formula is C18H19Cl2NO4S2. The molecule has 1 aliphatic rings. The van der Waals surface area contributed by atoms with Crippen molar-refractivity contribution in [3.8, 4) is 0 Å². The number of rotatable bonds is 6. The van der Waals surface area contributed by atoms with E-state index in [1.54, 1.807) is 18.2 Å². The lowest BCUT2D eigenvalue weighted by Gasteiger charge is -2.42. The lowest BCUT2D eigenvalue weighted by molar-refractivity contribution is 0.220. The van der Waals surface area contributed by atoms with Crippen LogP contribution in [0.25, 0.3) is 0 Å². The predicted octanol–water partition coefficient (Wildman–Crippen LogP) is 3.84. The summed E-state index contributed by atoms with van der Waals surface area (Å²) in [5, 5.41) is 1.01. The van der Waals surface area contributed by atoms with Crippen LogP contribution in [0.3, 0.4) is 0 Å². The zero-order valence-corrected chi connectivity index (χ0v) is 17.7. The van der Waals surface area contributed by atoms with Gasteiger partial charge in [-0.2, -0.15) is 0 Å². The first-order chi connectivity index (χ1) is 12.5. The molecule has 1 saturated carbocycles. The van der Waals surface area contributed by atoms with Gasteiger partial charge in [0.2, 0.25) is 10.0 Å². The smallest absolute Gasteiger partial charge is 0.224 e. The van der Waals surface area contributed by atoms with Crippen LogP contribution in [-0.2, 0) is 26.3 Å². The number of benzene rings is 2. The summed E-state index contributed by atoms with van der Waals surface area (Å²) in [6.45, 7) is 0. The summed E-state index contributed by atoms with van der Waals surface area (Å²) >= 11 is 12.2. The third-order valence-corrected chi connectivity index (χ3v) is 8.02. The van der Waals surface area contributed by atoms with Gasteiger partial charge in [-0.3, -0.25) is 0 Å². The van der Waals surface area contributed by atoms with Crippen molar-refractivity contribution >= 4 is 43.1 Å². The van der Waals surface area contributed by atoms with Gasteiger partial charge in [-0.05, 0) is 61.6 Å². The van der Waals surface area contributed by atoms with Gasteiger partial charge in [-0.1, -0.05) is 35.3 Å². The second-order valence-electron chi connectivity index (χ2n) is 6.90. The van der Waals surface area contributed by atoms with Gasteiger partial charge < -0.3 is 0 Å². The maximum atomic E-state index is 12.9. The van der Waals surface area contributed by atoms with Gasteiger partial charge >= 0.3 is 0 Å². The van der Waals surface area contributed by atoms with Crippen molar-refractivity contribution in [3.63, 3.8) is 0 Å². The van der Waals surface area contributed by atoms with Crippen molar-refractivity contribution in [1.29, 1.82) is 0 Å². The van der Waals surface area contributed by atoms with E-state index >= 15 is 0 Å². The molecule has 0 aromatic heterocycles. The molecule has 0 aliphatic heterocycles. The standard InChI is InChI=1S/C18H19Cl2NO4S2/c1-26(22,23)15-4-2-5-16(11-15)27(24,25)21-18(8-3-9-18)12-13-6-7-14(19)10-17(13)20/h2,4-7,10-11,21H,3,8-9,12H2,1H3. The molecule has 0 amide bonds. The van der Waals surface area contributed by atoms with Crippen LogP contribution in [0.5, 0.6) is 0 Å². The Morgan fingerprint density at radius 1 is 1.00 bits per heavy atom. The van der Waals surface area contributed by atoms with Crippen LogP contribution in [0.1, 0.15) is 24.8 Å². The summed E-state index contributed by atoms with van der Waals surface area (Å²) in [6.07, 6.45) is 3.74. The van der Waals surface area contributed by atoms with Crippen molar-refractivity contribution in [2.75, 3.05) is 6.26 Å². The lowest BCUT2D eigenvalue weighted by Crippen LogP contribution is -2.54. The van der Waals surface area contributed by atoms with E-state index in [2.05, 4.69) is 4.72 Å². The van der Waals surface area contributed by atoms with Crippen molar-refractivity contribution in [1.82, 2.24) is 4.72 Å². The molecule has 1 N–H and O–H groups in total. The van der Waals surface area contributed by atoms with E-state index in [1.165, 1.54) is 24.3 Å². The molecule has 0 saturated heterocycles. The van der Waals surface area contributed by atoms with Crippen molar-refractivity contribution in [2.24, 2.45) is 0 Å². The van der Waals surface area contributed by atoms with Gasteiger partial charge in [0.1, 0.15) is 0 Å². The molecular weight excluding hydrogens is 429 g/mol. The molecule has 27 heavy (non-hydrogen) atoms. The van der Waals surface area contributed by atoms with E-state index in [4.69, 9.17) is 23.2 Å². The molecule has 2 aromatic rings. The molecule has 0 bridgehead atoms. The first-order valence-electron chi connectivity index (χ1n) is 8.29. The molecule has 2 aromatic carbocycles. The molecule has 146 valence electrons. The second kappa shape index (κ2) is 7.37. The minimum atomic E-state index is -3.89. The topological polar surface area (TPSA) is 80.3 Å². The molecule has 0 spiro atoms. The summed E-state index contributed by atoms with van der Waals surface area (Å²) in [7, 11) is -7.39. The summed E-state index contributed by atoms with van der Waals surface area (Å²) in [5.41, 5.74) is 0.172. The number of sulfone groups is 1. The Morgan fingerprint density at radius 2 is 1.67 bits per heavy atom. The largest absolute Gasteiger partial charge is 0.241 e. The average molecular weight is 448 g/mol. The van der Waals surface area contributed by atoms with Gasteiger partial charge in [-0.15, -0.1) is 0 Å². The van der Waals surface area contributed by atoms with Crippen LogP contribution in [0, 0.1) is 0 Å². The van der Waals surface area contributed by atoms with Crippen LogP contribution in [-0.4, -0.2) is 28.6 Å². The third kappa shape index (κ3) is 4.66. The number of hydrogen-bond donors (Lipinski definition) is 1. The van der Waals surface area contributed by atoms with Crippen molar-refractivity contribution < 1.29 is 16.8 Å². The maximum Gasteiger partial charge on any atom is 0.241 e. The molecule has 0 unspecified atom stereocenters. The van der Waals surface area contributed by atoms with Gasteiger partial charge in [0.05, 0.1) is 9.79 Å². The van der Waals surface area contributed by atoms with Crippen LogP contribution in [0.2, 0.25) is 10.0 Å². The highest BCUT2D eigenvalue weighted by atomic mass is 35.5. The Labute approximate surface area is 169 Å². The van der Waals surface area contributed by atoms with E-state index in [0.717, 1.165) is 18.2 Å². The summed E-state index contributed by atoms with van der Waals surface area (Å²) in [4.78, 5) is -0.104. The molecule has 0 radical (unpaired) electrons. The Morgan fingerprint density at radius 3 is 2.22 bits per heavy atom. The van der Waals surface area contributed by atoms with Gasteiger partial charge in [-0.25, -0.2) is 21.6 Å². The summed E-state index contributed by atoms with van der Waals surface area (Å²) in [5.74, 6) is 0. The average Bonchev–Trinajstić information content (AvgIpc) is 2.54. The number of sulfonamides is 1. The van der Waals surface area contributed by atoms with Crippen molar-refractivity contribution in [2.45, 2.75) is 41.0 Å². The molecule has 9 heteroatoms. The van der Waals surface area contributed by atoms with Crippen molar-refractivity contribution in [3.05, 3.63) is 58.1 Å². The minimum absolute atomic E-state index is 0.0335. The molecule has 5 nitrogen and oxygen atoms in total. The molecule has 0 heterocycles. The number of halogens is 2. The van der Waals surface area contributed by atoms with Gasteiger partial charge in [0.25, 0.3) is 0 Å². The van der Waals surface area contributed by atoms with Crippen LogP contribution >= 0.6 is 23.2 Å². The number of hydrogen-bond acceptors (Lipinski definition) is 4. The highest BCUT2D eigenvalue weighted by molar-refractivity contribution is 7.91. The zero-order chi connectivity index (χ0) is 19.9. The first-order valence-corrected chi connectivity index (χ1v) is 12.4. The second-order valence-corrected chi connectivity index (χ2v) is 11.4. The first kappa shape index (κ1) is 20.6. The maximum absolute atomic E-state index is 12.9. The van der Waals surface area contributed by atoms with Crippen LogP contribution in [0.15, 0.2) is 52.3 Å². The van der Waals surface area contributed by atoms with Crippen LogP contribution < -0.4 is 4.72 Å². The summed E-state index contributed by atoms with van der Waals surface area (Å²) in [6, 6.07) is 10.5. The SMILES string of the molecule is CS(=O)(=O)c1cccc(S(=O)(=O)NC2(Cc3ccc(Cl)cc3Cl)CCC2)c1. The third-order valence-electron chi connectivity index (χ3n) is 4.75. The Balaban J connectivity index is 1.89. The van der Waals surface area contributed by atoms with E-state index in [-0.39, 0.29) is 9.79 Å². The van der Waals surface area contributed by atoms with E-state index < -0.39 is 25.4 Å². The quantitative estimate of drug-likeness (QED) is 0.728. The Bertz CT molecular complexity index is 1080. The van der Waals surface area contributed by atoms with Gasteiger partial charge in [0.15, 0.2) is 9.84 Å². The molecule has 0 atom stereocenters. The lowest BCUT2D eigenvalue weighted by atomic mass is 9.74. The number of nitrogens with one attached hydrogen (secondary N) is 1. The van der Waals surface area contributed by atoms with E-state index in [0.29, 0.717) is 29.3 Å². The zero-order valence-electron chi connectivity index (χ0n) is 14.6. The summed E-state index contributed by atoms with van der Waals surface area (Å²) < 4.78 is 52.0. The highest BCUT2D eigenvalue weighted by Crippen LogP contribution is 2.38. The molecule has 3 rings (SSSR count). The van der Waals surface area contributed by atoms with E-state index in [9.17, 15) is 16.8 Å². The Hall–Kier alpha value is -1.12. The Kier molecular flexibility index (Phi) is 5.62. The predicted molar refractivity (Wildman–Crippen MR) is 107 cm³/mol. The fourth-order valence-electron chi connectivity index (χ4n) is 3.16. The molecule has 1 fully saturated rings. The fourth-order valence-corrected chi connectivity index (χ4v) is 5.88. The monoisotopic (exact) mass is 447 g/mol. The fraction of sp³-hybridized carbons (Fsp3) is 0.333. The minimum Gasteiger partial charge on any atom is -0.224 e. The van der Waals surface area contributed by atoms with Crippen LogP contribution in [0.4, 0.5) is 0 Å². The van der Waals surface area contributed by atoms with Gasteiger partial charge in [0, 0.05) is 21.8 Å². The normalized spacial score (nSPS) is 16.7. The highest BCUT2D eigenvalue weighted by Gasteiger charge is 2.41.